The Morgan fingerprint density at radius 3 is 2.11 bits per heavy atom. The van der Waals surface area contributed by atoms with Crippen molar-refractivity contribution in [2.45, 2.75) is 6.42 Å². The molecule has 0 bridgehead atoms. The van der Waals surface area contributed by atoms with Crippen molar-refractivity contribution in [3.8, 4) is 17.2 Å². The van der Waals surface area contributed by atoms with Crippen LogP contribution in [0.25, 0.3) is 0 Å². The van der Waals surface area contributed by atoms with Crippen LogP contribution in [0.3, 0.4) is 0 Å². The molecular weight excluding hydrogens is 576 g/mol. The minimum atomic E-state index is -0.447. The van der Waals surface area contributed by atoms with E-state index in [4.69, 9.17) is 14.2 Å². The molecule has 2 rings (SSSR count). The first-order valence-corrected chi connectivity index (χ1v) is 7.98. The predicted molar refractivity (Wildman–Crippen MR) is 93.3 cm³/mol. The average molecular weight is 601 g/mol. The summed E-state index contributed by atoms with van der Waals surface area (Å²) >= 11 is 0. The van der Waals surface area contributed by atoms with E-state index in [1.165, 1.54) is 4.90 Å². The maximum absolute atomic E-state index is 11.6. The normalized spacial score (nSPS) is 9.48. The second-order valence-corrected chi connectivity index (χ2v) is 5.77. The molecule has 0 spiro atoms. The van der Waals surface area contributed by atoms with Gasteiger partial charge >= 0.3 is 6.09 Å². The van der Waals surface area contributed by atoms with Crippen molar-refractivity contribution < 1.29 is 78.4 Å². The lowest BCUT2D eigenvalue weighted by Gasteiger charge is -2.12. The molecular formula is C18H25I2N3O4. The molecule has 7 nitrogen and oxygen atoms in total. The van der Waals surface area contributed by atoms with Crippen LogP contribution in [0.15, 0.2) is 42.5 Å². The van der Waals surface area contributed by atoms with Crippen molar-refractivity contribution in [2.75, 3.05) is 27.3 Å². The average Bonchev–Trinajstić information content (AvgIpc) is 2.54. The van der Waals surface area contributed by atoms with Crippen molar-refractivity contribution in [2.24, 2.45) is 0 Å². The van der Waals surface area contributed by atoms with E-state index in [1.54, 1.807) is 32.3 Å². The molecule has 0 heterocycles. The number of halogens is 2. The molecule has 27 heavy (non-hydrogen) atoms. The number of carbonyl (C=O) groups is 1. The third-order valence-electron chi connectivity index (χ3n) is 3.23. The summed E-state index contributed by atoms with van der Waals surface area (Å²) in [5.41, 5.74) is 9.36. The SMILES string of the molecule is CN(C)C(=O)Oc1cc([NH3+])cc(OCCCOc2cccc([NH3+])c2)c1.[I-].[I-]. The molecule has 0 aromatic heterocycles. The molecule has 2 aromatic carbocycles. The second kappa shape index (κ2) is 13.0. The standard InChI is InChI=1S/C18H23N3O4.2HI/c1-21(2)18(22)25-17-11-14(20)10-16(12-17)24-8-4-7-23-15-6-3-5-13(19)9-15;;/h3,5-6,9-12H,4,7-8,19-20H2,1-2H3;2*1H. The molecule has 2 aromatic rings. The van der Waals surface area contributed by atoms with E-state index in [-0.39, 0.29) is 48.0 Å². The lowest BCUT2D eigenvalue weighted by Crippen LogP contribution is -3.00. The highest BCUT2D eigenvalue weighted by Gasteiger charge is 2.10. The molecule has 0 aliphatic rings. The Balaban J connectivity index is 0.00000338. The topological polar surface area (TPSA) is 103 Å². The van der Waals surface area contributed by atoms with Gasteiger partial charge in [0.25, 0.3) is 0 Å². The van der Waals surface area contributed by atoms with Crippen LogP contribution in [0.5, 0.6) is 17.2 Å². The van der Waals surface area contributed by atoms with Gasteiger partial charge in [0.15, 0.2) is 0 Å². The molecule has 0 saturated heterocycles. The van der Waals surface area contributed by atoms with Gasteiger partial charge in [-0.15, -0.1) is 0 Å². The van der Waals surface area contributed by atoms with Gasteiger partial charge in [-0.05, 0) is 12.1 Å². The monoisotopic (exact) mass is 601 g/mol. The van der Waals surface area contributed by atoms with Crippen molar-refractivity contribution >= 4 is 17.5 Å². The van der Waals surface area contributed by atoms with Gasteiger partial charge < -0.3 is 78.5 Å². The summed E-state index contributed by atoms with van der Waals surface area (Å²) in [6.07, 6.45) is 0.271. The van der Waals surface area contributed by atoms with E-state index in [9.17, 15) is 4.79 Å². The zero-order chi connectivity index (χ0) is 18.2. The lowest BCUT2D eigenvalue weighted by atomic mass is 10.3. The van der Waals surface area contributed by atoms with Crippen LogP contribution in [-0.4, -0.2) is 38.3 Å². The first kappa shape index (κ1) is 25.7. The molecule has 1 amide bonds. The fraction of sp³-hybridized carbons (Fsp3) is 0.278. The fourth-order valence-corrected chi connectivity index (χ4v) is 2.04. The van der Waals surface area contributed by atoms with Gasteiger partial charge in [0.05, 0.1) is 13.2 Å². The Kier molecular flexibility index (Phi) is 12.3. The molecule has 0 saturated carbocycles. The second-order valence-electron chi connectivity index (χ2n) is 5.77. The number of ether oxygens (including phenoxy) is 3. The maximum atomic E-state index is 11.6. The number of rotatable bonds is 7. The highest BCUT2D eigenvalue weighted by Crippen LogP contribution is 2.24. The van der Waals surface area contributed by atoms with E-state index >= 15 is 0 Å². The molecule has 9 heteroatoms. The Morgan fingerprint density at radius 2 is 1.48 bits per heavy atom. The molecule has 6 N–H and O–H groups in total. The number of carbonyl (C=O) groups excluding carboxylic acids is 1. The summed E-state index contributed by atoms with van der Waals surface area (Å²) in [4.78, 5) is 13.0. The van der Waals surface area contributed by atoms with Gasteiger partial charge in [0.1, 0.15) is 28.6 Å². The molecule has 0 fully saturated rings. The van der Waals surface area contributed by atoms with E-state index in [2.05, 4.69) is 11.5 Å². The first-order valence-electron chi connectivity index (χ1n) is 7.98. The third kappa shape index (κ3) is 9.44. The zero-order valence-corrected chi connectivity index (χ0v) is 19.7. The van der Waals surface area contributed by atoms with Crippen LogP contribution in [0.4, 0.5) is 16.2 Å². The van der Waals surface area contributed by atoms with Crippen LogP contribution in [0.1, 0.15) is 6.42 Å². The molecule has 150 valence electrons. The van der Waals surface area contributed by atoms with Crippen LogP contribution >= 0.6 is 0 Å². The molecule has 0 aliphatic carbocycles. The smallest absolute Gasteiger partial charge is 0.414 e. The number of hydrogen-bond acceptors (Lipinski definition) is 4. The van der Waals surface area contributed by atoms with E-state index in [0.717, 1.165) is 17.9 Å². The van der Waals surface area contributed by atoms with Gasteiger partial charge in [-0.25, -0.2) is 4.79 Å². The summed E-state index contributed by atoms with van der Waals surface area (Å²) in [5.74, 6) is 1.81. The summed E-state index contributed by atoms with van der Waals surface area (Å²) < 4.78 is 16.6. The molecule has 0 atom stereocenters. The first-order chi connectivity index (χ1) is 11.9. The van der Waals surface area contributed by atoms with Gasteiger partial charge in [0.2, 0.25) is 0 Å². The zero-order valence-electron chi connectivity index (χ0n) is 15.4. The van der Waals surface area contributed by atoms with E-state index in [0.29, 0.717) is 30.4 Å². The summed E-state index contributed by atoms with van der Waals surface area (Å²) in [5, 5.41) is 0. The predicted octanol–water partition coefficient (Wildman–Crippen LogP) is -4.65. The van der Waals surface area contributed by atoms with E-state index < -0.39 is 6.09 Å². The van der Waals surface area contributed by atoms with Crippen LogP contribution in [-0.2, 0) is 0 Å². The van der Waals surface area contributed by atoms with E-state index in [1.807, 2.05) is 24.3 Å². The third-order valence-corrected chi connectivity index (χ3v) is 3.23. The summed E-state index contributed by atoms with van der Waals surface area (Å²) in [7, 11) is 3.25. The Hall–Kier alpha value is -1.31. The van der Waals surface area contributed by atoms with Gasteiger partial charge in [0, 0.05) is 44.8 Å². The number of hydrogen-bond donors (Lipinski definition) is 2. The number of nitrogens with zero attached hydrogens (tertiary/aromatic N) is 1. The minimum absolute atomic E-state index is 0. The minimum Gasteiger partial charge on any atom is -1.00 e. The van der Waals surface area contributed by atoms with Crippen molar-refractivity contribution in [3.05, 3.63) is 42.5 Å². The lowest BCUT2D eigenvalue weighted by molar-refractivity contribution is -0.255. The number of quaternary nitrogens is 2. The fourth-order valence-electron chi connectivity index (χ4n) is 2.04. The summed E-state index contributed by atoms with van der Waals surface area (Å²) in [6.45, 7) is 1.02. The molecule has 0 radical (unpaired) electrons. The van der Waals surface area contributed by atoms with Crippen molar-refractivity contribution in [3.63, 3.8) is 0 Å². The van der Waals surface area contributed by atoms with Gasteiger partial charge in [-0.2, -0.15) is 0 Å². The highest BCUT2D eigenvalue weighted by atomic mass is 127. The number of benzene rings is 2. The largest absolute Gasteiger partial charge is 1.00 e. The molecule has 0 aliphatic heterocycles. The maximum Gasteiger partial charge on any atom is 0.414 e. The highest BCUT2D eigenvalue weighted by molar-refractivity contribution is 5.70. The summed E-state index contributed by atoms with van der Waals surface area (Å²) in [6, 6.07) is 12.8. The Morgan fingerprint density at radius 1 is 0.889 bits per heavy atom. The van der Waals surface area contributed by atoms with Crippen molar-refractivity contribution in [1.29, 1.82) is 0 Å². The molecule has 0 unspecified atom stereocenters. The number of amides is 1. The van der Waals surface area contributed by atoms with Gasteiger partial charge in [-0.3, -0.25) is 0 Å². The van der Waals surface area contributed by atoms with Crippen LogP contribution < -0.4 is 73.6 Å². The van der Waals surface area contributed by atoms with Gasteiger partial charge in [-0.1, -0.05) is 6.07 Å². The van der Waals surface area contributed by atoms with Crippen molar-refractivity contribution in [1.82, 2.24) is 4.90 Å². The Labute approximate surface area is 193 Å². The quantitative estimate of drug-likeness (QED) is 0.246. The Bertz CT molecular complexity index is 730. The van der Waals surface area contributed by atoms with Crippen LogP contribution in [0, 0.1) is 0 Å². The van der Waals surface area contributed by atoms with Crippen LogP contribution in [0.2, 0.25) is 0 Å².